The molecular formula is C15H14Cl2FN3OS. The van der Waals surface area contributed by atoms with Gasteiger partial charge in [0.15, 0.2) is 4.80 Å². The summed E-state index contributed by atoms with van der Waals surface area (Å²) in [4.78, 5) is 19.3. The molecule has 4 nitrogen and oxygen atoms in total. The van der Waals surface area contributed by atoms with Crippen LogP contribution in [-0.4, -0.2) is 34.8 Å². The highest BCUT2D eigenvalue weighted by atomic mass is 35.5. The first kappa shape index (κ1) is 16.5. The molecule has 1 aliphatic heterocycles. The summed E-state index contributed by atoms with van der Waals surface area (Å²) in [5.41, 5.74) is 0.764. The second-order valence-electron chi connectivity index (χ2n) is 5.32. The van der Waals surface area contributed by atoms with Crippen LogP contribution in [0.5, 0.6) is 0 Å². The lowest BCUT2D eigenvalue weighted by molar-refractivity contribution is 0.213. The third-order valence-corrected chi connectivity index (χ3v) is 5.18. The van der Waals surface area contributed by atoms with E-state index in [9.17, 15) is 9.18 Å². The van der Waals surface area contributed by atoms with Crippen molar-refractivity contribution in [2.75, 3.05) is 13.1 Å². The summed E-state index contributed by atoms with van der Waals surface area (Å²) in [5, 5.41) is 0.890. The molecule has 0 aliphatic carbocycles. The van der Waals surface area contributed by atoms with E-state index in [4.69, 9.17) is 23.2 Å². The van der Waals surface area contributed by atoms with Crippen LogP contribution < -0.4 is 4.80 Å². The molecule has 2 amide bonds. The smallest absolute Gasteiger partial charge is 0.320 e. The maximum Gasteiger partial charge on any atom is 0.346 e. The number of halogens is 3. The minimum Gasteiger partial charge on any atom is -0.320 e. The molecule has 122 valence electrons. The van der Waals surface area contributed by atoms with Gasteiger partial charge in [0.2, 0.25) is 0 Å². The molecule has 2 aromatic rings. The average Bonchev–Trinajstić information content (AvgIpc) is 3.08. The van der Waals surface area contributed by atoms with Crippen LogP contribution in [0.3, 0.4) is 0 Å². The van der Waals surface area contributed by atoms with Crippen molar-refractivity contribution < 1.29 is 9.18 Å². The van der Waals surface area contributed by atoms with Crippen molar-refractivity contribution >= 4 is 40.6 Å². The molecule has 1 aliphatic rings. The number of benzene rings is 1. The van der Waals surface area contributed by atoms with E-state index >= 15 is 0 Å². The summed E-state index contributed by atoms with van der Waals surface area (Å²) in [6, 6.07) is 4.80. The molecule has 1 aromatic heterocycles. The molecule has 0 unspecified atom stereocenters. The minimum absolute atomic E-state index is 0.111. The van der Waals surface area contributed by atoms with Crippen molar-refractivity contribution in [1.29, 1.82) is 0 Å². The highest BCUT2D eigenvalue weighted by Gasteiger charge is 2.25. The Bertz CT molecular complexity index is 817. The lowest BCUT2D eigenvalue weighted by Crippen LogP contribution is -2.28. The number of hydrogen-bond donors (Lipinski definition) is 0. The summed E-state index contributed by atoms with van der Waals surface area (Å²) < 4.78 is 15.0. The summed E-state index contributed by atoms with van der Waals surface area (Å²) >= 11 is 13.4. The average molecular weight is 374 g/mol. The Labute approximate surface area is 146 Å². The van der Waals surface area contributed by atoms with Crippen molar-refractivity contribution in [2.45, 2.75) is 19.5 Å². The van der Waals surface area contributed by atoms with Crippen LogP contribution in [0.4, 0.5) is 9.18 Å². The molecule has 3 rings (SSSR count). The van der Waals surface area contributed by atoms with Gasteiger partial charge in [-0.1, -0.05) is 23.2 Å². The molecule has 1 aromatic carbocycles. The SMILES string of the molecule is Cc1cn(-c2ccc(Cl)c(Cl)c2)c(=NC(=O)N2CC[C@@H](F)C2)s1. The number of aromatic nitrogens is 1. The molecule has 0 radical (unpaired) electrons. The van der Waals surface area contributed by atoms with Gasteiger partial charge < -0.3 is 4.90 Å². The quantitative estimate of drug-likeness (QED) is 0.737. The summed E-state index contributed by atoms with van der Waals surface area (Å²) in [5.74, 6) is 0. The van der Waals surface area contributed by atoms with Crippen molar-refractivity contribution in [3.8, 4) is 5.69 Å². The fraction of sp³-hybridized carbons (Fsp3) is 0.333. The molecule has 0 N–H and O–H groups in total. The Morgan fingerprint density at radius 2 is 2.17 bits per heavy atom. The zero-order valence-corrected chi connectivity index (χ0v) is 14.6. The number of nitrogens with zero attached hydrogens (tertiary/aromatic N) is 3. The normalized spacial score (nSPS) is 18.7. The molecule has 0 spiro atoms. The number of amides is 2. The second kappa shape index (κ2) is 6.63. The fourth-order valence-corrected chi connectivity index (χ4v) is 3.52. The van der Waals surface area contributed by atoms with Gasteiger partial charge in [0, 0.05) is 23.3 Å². The Morgan fingerprint density at radius 1 is 1.39 bits per heavy atom. The van der Waals surface area contributed by atoms with Crippen LogP contribution in [0, 0.1) is 6.92 Å². The maximum absolute atomic E-state index is 13.2. The van der Waals surface area contributed by atoms with Crippen molar-refractivity contribution in [3.63, 3.8) is 0 Å². The topological polar surface area (TPSA) is 37.6 Å². The minimum atomic E-state index is -0.957. The Hall–Kier alpha value is -1.37. The van der Waals surface area contributed by atoms with E-state index < -0.39 is 12.2 Å². The van der Waals surface area contributed by atoms with Gasteiger partial charge in [0.1, 0.15) is 6.17 Å². The predicted molar refractivity (Wildman–Crippen MR) is 90.4 cm³/mol. The Morgan fingerprint density at radius 3 is 2.83 bits per heavy atom. The number of alkyl halides is 1. The van der Waals surface area contributed by atoms with E-state index in [0.29, 0.717) is 27.8 Å². The number of aryl methyl sites for hydroxylation is 1. The highest BCUT2D eigenvalue weighted by Crippen LogP contribution is 2.24. The van der Waals surface area contributed by atoms with E-state index in [1.54, 1.807) is 22.8 Å². The Balaban J connectivity index is 1.98. The summed E-state index contributed by atoms with van der Waals surface area (Å²) in [6.07, 6.45) is 1.29. The molecule has 0 saturated carbocycles. The number of carbonyl (C=O) groups is 1. The van der Waals surface area contributed by atoms with E-state index in [1.165, 1.54) is 16.2 Å². The van der Waals surface area contributed by atoms with E-state index in [-0.39, 0.29) is 6.54 Å². The maximum atomic E-state index is 13.2. The van der Waals surface area contributed by atoms with Crippen LogP contribution in [-0.2, 0) is 0 Å². The molecule has 1 fully saturated rings. The number of likely N-dealkylation sites (tertiary alicyclic amines) is 1. The van der Waals surface area contributed by atoms with Crippen molar-refractivity contribution in [3.05, 3.63) is 44.1 Å². The molecule has 2 heterocycles. The molecule has 8 heteroatoms. The van der Waals surface area contributed by atoms with E-state index in [0.717, 1.165) is 10.6 Å². The zero-order valence-electron chi connectivity index (χ0n) is 12.3. The van der Waals surface area contributed by atoms with Gasteiger partial charge in [-0.2, -0.15) is 4.99 Å². The number of urea groups is 1. The van der Waals surface area contributed by atoms with Gasteiger partial charge in [-0.25, -0.2) is 9.18 Å². The highest BCUT2D eigenvalue weighted by molar-refractivity contribution is 7.09. The second-order valence-corrected chi connectivity index (χ2v) is 7.35. The van der Waals surface area contributed by atoms with E-state index in [2.05, 4.69) is 4.99 Å². The summed E-state index contributed by atoms with van der Waals surface area (Å²) in [7, 11) is 0. The third kappa shape index (κ3) is 3.59. The molecule has 1 saturated heterocycles. The third-order valence-electron chi connectivity index (χ3n) is 3.54. The van der Waals surface area contributed by atoms with Crippen molar-refractivity contribution in [1.82, 2.24) is 9.47 Å². The molecule has 1 atom stereocenters. The number of carbonyl (C=O) groups excluding carboxylic acids is 1. The first-order valence-corrected chi connectivity index (χ1v) is 8.63. The Kier molecular flexibility index (Phi) is 4.75. The van der Waals surface area contributed by atoms with Gasteiger partial charge >= 0.3 is 6.03 Å². The lowest BCUT2D eigenvalue weighted by Gasteiger charge is -2.11. The van der Waals surface area contributed by atoms with Gasteiger partial charge in [-0.3, -0.25) is 4.57 Å². The zero-order chi connectivity index (χ0) is 16.6. The van der Waals surface area contributed by atoms with Gasteiger partial charge in [0.25, 0.3) is 0 Å². The predicted octanol–water partition coefficient (Wildman–Crippen LogP) is 4.22. The van der Waals surface area contributed by atoms with Crippen LogP contribution >= 0.6 is 34.5 Å². The molecule has 23 heavy (non-hydrogen) atoms. The van der Waals surface area contributed by atoms with E-state index in [1.807, 2.05) is 13.1 Å². The number of thiazole rings is 1. The first-order valence-electron chi connectivity index (χ1n) is 7.06. The van der Waals surface area contributed by atoms with Crippen LogP contribution in [0.25, 0.3) is 5.69 Å². The van der Waals surface area contributed by atoms with Gasteiger partial charge in [-0.05, 0) is 31.5 Å². The lowest BCUT2D eigenvalue weighted by atomic mass is 10.3. The van der Waals surface area contributed by atoms with Gasteiger partial charge in [0.05, 0.1) is 16.6 Å². The summed E-state index contributed by atoms with van der Waals surface area (Å²) in [6.45, 7) is 2.44. The fourth-order valence-electron chi connectivity index (χ4n) is 2.40. The van der Waals surface area contributed by atoms with Crippen LogP contribution in [0.15, 0.2) is 29.4 Å². The van der Waals surface area contributed by atoms with Crippen LogP contribution in [0.2, 0.25) is 10.0 Å². The first-order chi connectivity index (χ1) is 10.9. The van der Waals surface area contributed by atoms with Gasteiger partial charge in [-0.15, -0.1) is 11.3 Å². The van der Waals surface area contributed by atoms with Crippen molar-refractivity contribution in [2.24, 2.45) is 4.99 Å². The molecular weight excluding hydrogens is 360 g/mol. The monoisotopic (exact) mass is 373 g/mol. The molecule has 0 bridgehead atoms. The number of rotatable bonds is 1. The van der Waals surface area contributed by atoms with Crippen LogP contribution in [0.1, 0.15) is 11.3 Å². The number of hydrogen-bond acceptors (Lipinski definition) is 2. The standard InChI is InChI=1S/C15H14Cl2FN3OS/c1-9-7-21(11-2-3-12(16)13(17)6-11)15(23-9)19-14(22)20-5-4-10(18)8-20/h2-3,6-7,10H,4-5,8H2,1H3/t10-/m1/s1. The largest absolute Gasteiger partial charge is 0.346 e.